The van der Waals surface area contributed by atoms with E-state index < -0.39 is 12.6 Å². The summed E-state index contributed by atoms with van der Waals surface area (Å²) in [5.74, 6) is 0.276. The Balaban J connectivity index is 2.35. The number of aryl methyl sites for hydroxylation is 1. The van der Waals surface area contributed by atoms with E-state index in [1.54, 1.807) is 0 Å². The van der Waals surface area contributed by atoms with Crippen molar-refractivity contribution < 1.29 is 12.9 Å². The van der Waals surface area contributed by atoms with Crippen molar-refractivity contribution in [3.05, 3.63) is 11.8 Å². The molecule has 0 bridgehead atoms. The normalized spacial score (nSPS) is 17.8. The molecule has 1 aromatic heterocycles. The van der Waals surface area contributed by atoms with Crippen molar-refractivity contribution in [3.63, 3.8) is 0 Å². The summed E-state index contributed by atoms with van der Waals surface area (Å²) in [4.78, 5) is 0. The summed E-state index contributed by atoms with van der Waals surface area (Å²) in [6, 6.07) is 1.18. The summed E-state index contributed by atoms with van der Waals surface area (Å²) in [7, 11) is 1.34. The maximum atomic E-state index is 12.3. The van der Waals surface area contributed by atoms with Gasteiger partial charge in [0.2, 0.25) is 0 Å². The molecule has 1 aliphatic rings. The number of halogens is 3. The van der Waals surface area contributed by atoms with Gasteiger partial charge >= 0.3 is 6.98 Å². The second kappa shape index (κ2) is 2.53. The molecule has 0 amide bonds. The van der Waals surface area contributed by atoms with Gasteiger partial charge < -0.3 is 17.6 Å². The fraction of sp³-hybridized carbons (Fsp3) is 0.571. The summed E-state index contributed by atoms with van der Waals surface area (Å²) in [6.07, 6.45) is 1.95. The van der Waals surface area contributed by atoms with Gasteiger partial charge in [-0.15, -0.1) is 0 Å². The van der Waals surface area contributed by atoms with E-state index in [2.05, 4.69) is 5.10 Å². The zero-order valence-corrected chi connectivity index (χ0v) is 7.17. The zero-order valence-electron chi connectivity index (χ0n) is 7.17. The largest absolute Gasteiger partial charge is 0.527 e. The SMILES string of the molecule is Cn1nc(C2CC2)cc1[B-](F)(F)F. The highest BCUT2D eigenvalue weighted by Crippen LogP contribution is 2.38. The summed E-state index contributed by atoms with van der Waals surface area (Å²) in [5, 5.41) is 3.85. The van der Waals surface area contributed by atoms with E-state index in [0.29, 0.717) is 5.69 Å². The molecular weight excluding hydrogens is 180 g/mol. The summed E-state index contributed by atoms with van der Waals surface area (Å²) < 4.78 is 38.0. The highest BCUT2D eigenvalue weighted by Gasteiger charge is 2.33. The number of rotatable bonds is 2. The minimum absolute atomic E-state index is 0.276. The lowest BCUT2D eigenvalue weighted by Gasteiger charge is -2.13. The van der Waals surface area contributed by atoms with Crippen LogP contribution in [0.1, 0.15) is 24.5 Å². The lowest BCUT2D eigenvalue weighted by molar-refractivity contribution is 0.493. The highest BCUT2D eigenvalue weighted by molar-refractivity contribution is 6.72. The van der Waals surface area contributed by atoms with Gasteiger partial charge in [-0.1, -0.05) is 0 Å². The number of hydrogen-bond acceptors (Lipinski definition) is 1. The predicted octanol–water partition coefficient (Wildman–Crippen LogP) is 1.35. The standard InChI is InChI=1S/C7H9BF3N2/c1-13-7(8(9,10)11)4-6(12-13)5-2-3-5/h4-5H,2-3H2,1H3/q-1. The second-order valence-corrected chi connectivity index (χ2v) is 3.47. The van der Waals surface area contributed by atoms with E-state index in [1.807, 2.05) is 0 Å². The molecule has 6 heteroatoms. The topological polar surface area (TPSA) is 17.8 Å². The van der Waals surface area contributed by atoms with E-state index in [4.69, 9.17) is 0 Å². The van der Waals surface area contributed by atoms with Gasteiger partial charge in [0, 0.05) is 13.0 Å². The van der Waals surface area contributed by atoms with Crippen LogP contribution in [0.2, 0.25) is 0 Å². The first-order chi connectivity index (χ1) is 5.98. The molecule has 0 aliphatic heterocycles. The zero-order chi connectivity index (χ0) is 9.64. The highest BCUT2D eigenvalue weighted by atomic mass is 19.4. The Kier molecular flexibility index (Phi) is 1.68. The first-order valence-corrected chi connectivity index (χ1v) is 4.22. The van der Waals surface area contributed by atoms with Crippen molar-refractivity contribution >= 4 is 12.6 Å². The van der Waals surface area contributed by atoms with Crippen LogP contribution in [-0.2, 0) is 7.05 Å². The molecule has 0 unspecified atom stereocenters. The van der Waals surface area contributed by atoms with Crippen LogP contribution in [-0.4, -0.2) is 16.8 Å². The number of hydrogen-bond donors (Lipinski definition) is 0. The quantitative estimate of drug-likeness (QED) is 0.642. The first kappa shape index (κ1) is 8.65. The maximum Gasteiger partial charge on any atom is 0.527 e. The Morgan fingerprint density at radius 3 is 2.46 bits per heavy atom. The lowest BCUT2D eigenvalue weighted by Crippen LogP contribution is -2.39. The maximum absolute atomic E-state index is 12.3. The van der Waals surface area contributed by atoms with Crippen molar-refractivity contribution in [2.24, 2.45) is 7.05 Å². The van der Waals surface area contributed by atoms with Crippen LogP contribution >= 0.6 is 0 Å². The van der Waals surface area contributed by atoms with Crippen LogP contribution < -0.4 is 5.59 Å². The molecule has 2 nitrogen and oxygen atoms in total. The van der Waals surface area contributed by atoms with Gasteiger partial charge in [0.25, 0.3) is 0 Å². The Bertz CT molecular complexity index is 327. The van der Waals surface area contributed by atoms with Gasteiger partial charge in [0.05, 0.1) is 5.69 Å². The minimum Gasteiger partial charge on any atom is -0.444 e. The lowest BCUT2D eigenvalue weighted by atomic mass is 9.85. The second-order valence-electron chi connectivity index (χ2n) is 3.47. The van der Waals surface area contributed by atoms with Crippen molar-refractivity contribution in [2.45, 2.75) is 18.8 Å². The predicted molar refractivity (Wildman–Crippen MR) is 43.9 cm³/mol. The molecule has 1 fully saturated rings. The van der Waals surface area contributed by atoms with Crippen molar-refractivity contribution in [3.8, 4) is 0 Å². The summed E-state index contributed by atoms with van der Waals surface area (Å²) >= 11 is 0. The van der Waals surface area contributed by atoms with Gasteiger partial charge in [0.1, 0.15) is 0 Å². The molecule has 0 atom stereocenters. The Morgan fingerprint density at radius 1 is 1.46 bits per heavy atom. The molecule has 1 heterocycles. The van der Waals surface area contributed by atoms with Crippen LogP contribution in [0.5, 0.6) is 0 Å². The first-order valence-electron chi connectivity index (χ1n) is 4.22. The third-order valence-electron chi connectivity index (χ3n) is 2.27. The molecule has 1 saturated carbocycles. The molecule has 0 N–H and O–H groups in total. The number of aromatic nitrogens is 2. The fourth-order valence-corrected chi connectivity index (χ4v) is 1.39. The van der Waals surface area contributed by atoms with Crippen molar-refractivity contribution in [1.82, 2.24) is 9.78 Å². The molecule has 1 aromatic rings. The minimum atomic E-state index is -4.91. The van der Waals surface area contributed by atoms with Crippen LogP contribution in [0, 0.1) is 0 Å². The van der Waals surface area contributed by atoms with Crippen LogP contribution in [0.25, 0.3) is 0 Å². The number of nitrogens with zero attached hydrogens (tertiary/aromatic N) is 2. The molecule has 0 aromatic carbocycles. The Morgan fingerprint density at radius 2 is 2.08 bits per heavy atom. The Labute approximate surface area is 73.8 Å². The van der Waals surface area contributed by atoms with Crippen LogP contribution in [0.3, 0.4) is 0 Å². The molecule has 0 spiro atoms. The van der Waals surface area contributed by atoms with Gasteiger partial charge in [-0.25, -0.2) is 0 Å². The smallest absolute Gasteiger partial charge is 0.444 e. The molecular formula is C7H9BF3N2-. The van der Waals surface area contributed by atoms with E-state index in [1.165, 1.54) is 13.1 Å². The summed E-state index contributed by atoms with van der Waals surface area (Å²) in [5.41, 5.74) is -0.00130. The molecule has 72 valence electrons. The van der Waals surface area contributed by atoms with Gasteiger partial charge in [-0.3, -0.25) is 0 Å². The molecule has 0 saturated heterocycles. The third-order valence-corrected chi connectivity index (χ3v) is 2.27. The van der Waals surface area contributed by atoms with E-state index in [0.717, 1.165) is 17.5 Å². The average Bonchev–Trinajstić information content (AvgIpc) is 2.73. The molecule has 1 aliphatic carbocycles. The van der Waals surface area contributed by atoms with E-state index in [9.17, 15) is 12.9 Å². The molecule has 0 radical (unpaired) electrons. The Hall–Kier alpha value is -0.935. The monoisotopic (exact) mass is 189 g/mol. The van der Waals surface area contributed by atoms with Gasteiger partial charge in [0.15, 0.2) is 0 Å². The fourth-order valence-electron chi connectivity index (χ4n) is 1.39. The van der Waals surface area contributed by atoms with Crippen molar-refractivity contribution in [2.75, 3.05) is 0 Å². The van der Waals surface area contributed by atoms with E-state index in [-0.39, 0.29) is 5.92 Å². The third kappa shape index (κ3) is 1.57. The van der Waals surface area contributed by atoms with Crippen LogP contribution in [0.15, 0.2) is 6.07 Å². The van der Waals surface area contributed by atoms with Gasteiger partial charge in [-0.05, 0) is 24.5 Å². The molecule has 13 heavy (non-hydrogen) atoms. The van der Waals surface area contributed by atoms with Crippen molar-refractivity contribution in [1.29, 1.82) is 0 Å². The van der Waals surface area contributed by atoms with E-state index >= 15 is 0 Å². The average molecular weight is 189 g/mol. The van der Waals surface area contributed by atoms with Gasteiger partial charge in [-0.2, -0.15) is 5.10 Å². The molecule has 2 rings (SSSR count). The summed E-state index contributed by atoms with van der Waals surface area (Å²) in [6.45, 7) is -4.91. The van der Waals surface area contributed by atoms with Crippen LogP contribution in [0.4, 0.5) is 12.9 Å².